The summed E-state index contributed by atoms with van der Waals surface area (Å²) >= 11 is 0. The smallest absolute Gasteiger partial charge is 0.409 e. The van der Waals surface area contributed by atoms with Crippen molar-refractivity contribution in [3.05, 3.63) is 39.6 Å². The second-order valence-electron chi connectivity index (χ2n) is 3.62. The molecule has 0 spiro atoms. The predicted molar refractivity (Wildman–Crippen MR) is 71.2 cm³/mol. The molecule has 0 amide bonds. The fraction of sp³-hybridized carbons (Fsp3) is 0.308. The summed E-state index contributed by atoms with van der Waals surface area (Å²) in [5.41, 5.74) is -0.207. The van der Waals surface area contributed by atoms with Crippen LogP contribution >= 0.6 is 0 Å². The van der Waals surface area contributed by atoms with Gasteiger partial charge >= 0.3 is 11.7 Å². The van der Waals surface area contributed by atoms with Crippen molar-refractivity contribution >= 4 is 12.0 Å². The fourth-order valence-electron chi connectivity index (χ4n) is 1.49. The molecule has 0 saturated heterocycles. The van der Waals surface area contributed by atoms with E-state index >= 15 is 0 Å². The number of benzene rings is 1. The summed E-state index contributed by atoms with van der Waals surface area (Å²) in [7, 11) is 2.93. The number of hydrogen-bond acceptors (Lipinski definition) is 6. The second kappa shape index (κ2) is 7.13. The van der Waals surface area contributed by atoms with Gasteiger partial charge in [0.2, 0.25) is 0 Å². The Labute approximate surface area is 115 Å². The Bertz CT molecular complexity index is 538. The third kappa shape index (κ3) is 3.71. The summed E-state index contributed by atoms with van der Waals surface area (Å²) in [5, 5.41) is 10.9. The minimum Gasteiger partial charge on any atom is -0.493 e. The zero-order chi connectivity index (χ0) is 15.1. The van der Waals surface area contributed by atoms with Gasteiger partial charge in [0, 0.05) is 6.08 Å². The van der Waals surface area contributed by atoms with Gasteiger partial charge in [-0.2, -0.15) is 0 Å². The van der Waals surface area contributed by atoms with Crippen LogP contribution in [-0.4, -0.2) is 31.7 Å². The molecule has 0 aliphatic rings. The van der Waals surface area contributed by atoms with Crippen molar-refractivity contribution in [3.8, 4) is 11.5 Å². The van der Waals surface area contributed by atoms with Crippen LogP contribution in [-0.2, 0) is 9.53 Å². The van der Waals surface area contributed by atoms with Crippen LogP contribution in [0, 0.1) is 10.1 Å². The summed E-state index contributed by atoms with van der Waals surface area (Å²) in [6.45, 7) is 1.64. The molecule has 1 aromatic rings. The molecule has 0 saturated carbocycles. The van der Waals surface area contributed by atoms with Gasteiger partial charge in [-0.25, -0.2) is 4.79 Å². The van der Waals surface area contributed by atoms with Gasteiger partial charge in [0.25, 0.3) is 0 Å². The first-order valence-electron chi connectivity index (χ1n) is 5.78. The Hall–Kier alpha value is -2.57. The van der Waals surface area contributed by atoms with Gasteiger partial charge in [-0.1, -0.05) is 6.07 Å². The van der Waals surface area contributed by atoms with Crippen LogP contribution in [0.4, 0.5) is 0 Å². The quantitative estimate of drug-likeness (QED) is 0.342. The third-order valence-corrected chi connectivity index (χ3v) is 2.39. The van der Waals surface area contributed by atoms with Crippen molar-refractivity contribution in [3.63, 3.8) is 0 Å². The molecule has 1 aromatic carbocycles. The first-order chi connectivity index (χ1) is 9.53. The van der Waals surface area contributed by atoms with Crippen molar-refractivity contribution in [2.24, 2.45) is 0 Å². The van der Waals surface area contributed by atoms with Crippen molar-refractivity contribution < 1.29 is 23.9 Å². The lowest BCUT2D eigenvalue weighted by atomic mass is 10.1. The Morgan fingerprint density at radius 2 is 1.95 bits per heavy atom. The van der Waals surface area contributed by atoms with Gasteiger partial charge in [-0.3, -0.25) is 10.1 Å². The van der Waals surface area contributed by atoms with Crippen LogP contribution in [0.2, 0.25) is 0 Å². The summed E-state index contributed by atoms with van der Waals surface area (Å²) < 4.78 is 14.8. The zero-order valence-corrected chi connectivity index (χ0v) is 11.4. The van der Waals surface area contributed by atoms with Crippen LogP contribution in [0.25, 0.3) is 6.08 Å². The van der Waals surface area contributed by atoms with E-state index in [1.54, 1.807) is 19.1 Å². The van der Waals surface area contributed by atoms with E-state index in [4.69, 9.17) is 9.47 Å². The number of esters is 1. The van der Waals surface area contributed by atoms with Crippen molar-refractivity contribution in [2.45, 2.75) is 6.92 Å². The maximum absolute atomic E-state index is 11.5. The van der Waals surface area contributed by atoms with Gasteiger partial charge < -0.3 is 14.2 Å². The number of nitrogens with zero attached hydrogens (tertiary/aromatic N) is 1. The van der Waals surface area contributed by atoms with Crippen LogP contribution in [0.15, 0.2) is 23.9 Å². The van der Waals surface area contributed by atoms with Gasteiger partial charge in [0.05, 0.1) is 25.7 Å². The zero-order valence-electron chi connectivity index (χ0n) is 11.4. The second-order valence-corrected chi connectivity index (χ2v) is 3.62. The van der Waals surface area contributed by atoms with E-state index in [-0.39, 0.29) is 6.61 Å². The molecule has 0 fully saturated rings. The highest BCUT2D eigenvalue weighted by Crippen LogP contribution is 2.28. The maximum Gasteiger partial charge on any atom is 0.409 e. The minimum atomic E-state index is -0.979. The number of nitro groups is 1. The SMILES string of the molecule is CCOC(=O)C(=Cc1ccc(OC)c(OC)c1)[N+](=O)[O-]. The molecule has 0 N–H and O–H groups in total. The average Bonchev–Trinajstić information content (AvgIpc) is 2.44. The first-order valence-corrected chi connectivity index (χ1v) is 5.78. The molecule has 0 bridgehead atoms. The lowest BCUT2D eigenvalue weighted by Gasteiger charge is -2.07. The number of ether oxygens (including phenoxy) is 3. The Morgan fingerprint density at radius 3 is 2.45 bits per heavy atom. The third-order valence-electron chi connectivity index (χ3n) is 2.39. The minimum absolute atomic E-state index is 0.0654. The van der Waals surface area contributed by atoms with E-state index in [0.29, 0.717) is 17.1 Å². The van der Waals surface area contributed by atoms with Crippen LogP contribution in [0.5, 0.6) is 11.5 Å². The Kier molecular flexibility index (Phi) is 5.52. The molecule has 0 aromatic heterocycles. The number of rotatable bonds is 6. The topological polar surface area (TPSA) is 87.9 Å². The molecule has 0 atom stereocenters. The number of methoxy groups -OCH3 is 2. The Morgan fingerprint density at radius 1 is 1.30 bits per heavy atom. The summed E-state index contributed by atoms with van der Waals surface area (Å²) in [5.74, 6) is -0.0801. The normalized spacial score (nSPS) is 10.8. The molecule has 7 nitrogen and oxygen atoms in total. The molecule has 7 heteroatoms. The highest BCUT2D eigenvalue weighted by molar-refractivity contribution is 5.91. The van der Waals surface area contributed by atoms with Gasteiger partial charge in [0.15, 0.2) is 11.5 Å². The van der Waals surface area contributed by atoms with E-state index in [1.807, 2.05) is 0 Å². The van der Waals surface area contributed by atoms with Crippen LogP contribution < -0.4 is 9.47 Å². The molecule has 0 aliphatic heterocycles. The lowest BCUT2D eigenvalue weighted by molar-refractivity contribution is -0.419. The standard InChI is InChI=1S/C13H15NO6/c1-4-20-13(15)10(14(16)17)7-9-5-6-11(18-2)12(8-9)19-3/h5-8H,4H2,1-3H3. The van der Waals surface area contributed by atoms with E-state index in [9.17, 15) is 14.9 Å². The van der Waals surface area contributed by atoms with E-state index in [0.717, 1.165) is 6.08 Å². The summed E-state index contributed by atoms with van der Waals surface area (Å²) in [4.78, 5) is 21.6. The van der Waals surface area contributed by atoms with Crippen molar-refractivity contribution in [2.75, 3.05) is 20.8 Å². The van der Waals surface area contributed by atoms with E-state index < -0.39 is 16.6 Å². The molecule has 0 aliphatic carbocycles. The molecule has 0 radical (unpaired) electrons. The van der Waals surface area contributed by atoms with Gasteiger partial charge in [0.1, 0.15) is 0 Å². The van der Waals surface area contributed by atoms with Crippen LogP contribution in [0.3, 0.4) is 0 Å². The fourth-order valence-corrected chi connectivity index (χ4v) is 1.49. The van der Waals surface area contributed by atoms with Gasteiger partial charge in [-0.15, -0.1) is 0 Å². The van der Waals surface area contributed by atoms with Crippen molar-refractivity contribution in [1.82, 2.24) is 0 Å². The summed E-state index contributed by atoms with van der Waals surface area (Å²) in [6, 6.07) is 4.69. The van der Waals surface area contributed by atoms with E-state index in [2.05, 4.69) is 4.74 Å². The monoisotopic (exact) mass is 281 g/mol. The maximum atomic E-state index is 11.5. The number of hydrogen-bond donors (Lipinski definition) is 0. The predicted octanol–water partition coefficient (Wildman–Crippen LogP) is 1.88. The lowest BCUT2D eigenvalue weighted by Crippen LogP contribution is -2.14. The molecule has 20 heavy (non-hydrogen) atoms. The molecular formula is C13H15NO6. The van der Waals surface area contributed by atoms with Crippen LogP contribution in [0.1, 0.15) is 12.5 Å². The average molecular weight is 281 g/mol. The number of carbonyl (C=O) groups is 1. The van der Waals surface area contributed by atoms with Gasteiger partial charge in [-0.05, 0) is 24.6 Å². The summed E-state index contributed by atoms with van der Waals surface area (Å²) in [6.07, 6.45) is 1.12. The molecule has 0 unspecified atom stereocenters. The molecular weight excluding hydrogens is 266 g/mol. The highest BCUT2D eigenvalue weighted by atomic mass is 16.6. The first kappa shape index (κ1) is 15.5. The molecule has 108 valence electrons. The van der Waals surface area contributed by atoms with Crippen molar-refractivity contribution in [1.29, 1.82) is 0 Å². The Balaban J connectivity index is 3.17. The highest BCUT2D eigenvalue weighted by Gasteiger charge is 2.23. The largest absolute Gasteiger partial charge is 0.493 e. The molecule has 1 rings (SSSR count). The number of carbonyl (C=O) groups excluding carboxylic acids is 1. The van der Waals surface area contributed by atoms with E-state index in [1.165, 1.54) is 20.3 Å². The molecule has 0 heterocycles.